The summed E-state index contributed by atoms with van der Waals surface area (Å²) in [5.74, 6) is -0.151. The third-order valence-corrected chi connectivity index (χ3v) is 3.89. The SMILES string of the molecule is CCCCc1ccc(NC(=O)/C=C/c2cnc3ccccn23)cc1. The van der Waals surface area contributed by atoms with Gasteiger partial charge in [-0.2, -0.15) is 0 Å². The first-order chi connectivity index (χ1) is 11.8. The summed E-state index contributed by atoms with van der Waals surface area (Å²) in [7, 11) is 0. The first-order valence-electron chi connectivity index (χ1n) is 8.26. The van der Waals surface area contributed by atoms with Crippen molar-refractivity contribution in [2.24, 2.45) is 0 Å². The lowest BCUT2D eigenvalue weighted by atomic mass is 10.1. The van der Waals surface area contributed by atoms with Gasteiger partial charge in [0.1, 0.15) is 5.65 Å². The second-order valence-electron chi connectivity index (χ2n) is 5.73. The summed E-state index contributed by atoms with van der Waals surface area (Å²) in [4.78, 5) is 16.4. The molecule has 4 heteroatoms. The molecule has 4 nitrogen and oxygen atoms in total. The summed E-state index contributed by atoms with van der Waals surface area (Å²) < 4.78 is 1.94. The zero-order valence-electron chi connectivity index (χ0n) is 13.8. The van der Waals surface area contributed by atoms with Crippen molar-refractivity contribution in [2.75, 3.05) is 5.32 Å². The molecule has 3 aromatic rings. The predicted molar refractivity (Wildman–Crippen MR) is 97.9 cm³/mol. The summed E-state index contributed by atoms with van der Waals surface area (Å²) in [5.41, 5.74) is 3.84. The molecular formula is C20H21N3O. The van der Waals surface area contributed by atoms with E-state index in [2.05, 4.69) is 29.4 Å². The van der Waals surface area contributed by atoms with Gasteiger partial charge in [0.2, 0.25) is 5.91 Å². The molecule has 0 fully saturated rings. The van der Waals surface area contributed by atoms with Crippen LogP contribution in [-0.2, 0) is 11.2 Å². The number of aromatic nitrogens is 2. The Hall–Kier alpha value is -2.88. The number of hydrogen-bond donors (Lipinski definition) is 1. The molecule has 2 aromatic heterocycles. The molecule has 1 N–H and O–H groups in total. The number of fused-ring (bicyclic) bond motifs is 1. The van der Waals surface area contributed by atoms with Crippen LogP contribution in [0, 0.1) is 0 Å². The minimum absolute atomic E-state index is 0.151. The van der Waals surface area contributed by atoms with Crippen molar-refractivity contribution in [1.82, 2.24) is 9.38 Å². The molecule has 1 amide bonds. The van der Waals surface area contributed by atoms with E-state index in [1.807, 2.05) is 40.9 Å². The van der Waals surface area contributed by atoms with Crippen molar-refractivity contribution in [1.29, 1.82) is 0 Å². The van der Waals surface area contributed by atoms with E-state index in [4.69, 9.17) is 0 Å². The molecule has 2 heterocycles. The number of carbonyl (C=O) groups is 1. The summed E-state index contributed by atoms with van der Waals surface area (Å²) in [6.45, 7) is 2.19. The number of nitrogens with zero attached hydrogens (tertiary/aromatic N) is 2. The maximum atomic E-state index is 12.1. The van der Waals surface area contributed by atoms with E-state index in [1.54, 1.807) is 12.3 Å². The predicted octanol–water partition coefficient (Wildman–Crippen LogP) is 4.33. The number of unbranched alkanes of at least 4 members (excludes halogenated alkanes) is 1. The third kappa shape index (κ3) is 3.90. The molecule has 0 saturated heterocycles. The molecular weight excluding hydrogens is 298 g/mol. The van der Waals surface area contributed by atoms with Crippen molar-refractivity contribution < 1.29 is 4.79 Å². The molecule has 3 rings (SSSR count). The minimum atomic E-state index is -0.151. The normalized spacial score (nSPS) is 11.2. The first kappa shape index (κ1) is 16.0. The molecule has 0 unspecified atom stereocenters. The number of imidazole rings is 1. The lowest BCUT2D eigenvalue weighted by Gasteiger charge is -2.04. The second-order valence-corrected chi connectivity index (χ2v) is 5.73. The van der Waals surface area contributed by atoms with Gasteiger partial charge in [-0.15, -0.1) is 0 Å². The van der Waals surface area contributed by atoms with Gasteiger partial charge >= 0.3 is 0 Å². The van der Waals surface area contributed by atoms with Crippen molar-refractivity contribution >= 4 is 23.3 Å². The van der Waals surface area contributed by atoms with E-state index in [9.17, 15) is 4.79 Å². The van der Waals surface area contributed by atoms with Crippen molar-refractivity contribution in [3.8, 4) is 0 Å². The first-order valence-corrected chi connectivity index (χ1v) is 8.26. The van der Waals surface area contributed by atoms with Crippen LogP contribution in [0.4, 0.5) is 5.69 Å². The van der Waals surface area contributed by atoms with E-state index < -0.39 is 0 Å². The molecule has 0 bridgehead atoms. The minimum Gasteiger partial charge on any atom is -0.323 e. The number of pyridine rings is 1. The number of anilines is 1. The maximum Gasteiger partial charge on any atom is 0.248 e. The van der Waals surface area contributed by atoms with Crippen molar-refractivity contribution in [3.05, 3.63) is 72.2 Å². The van der Waals surface area contributed by atoms with E-state index >= 15 is 0 Å². The summed E-state index contributed by atoms with van der Waals surface area (Å²) in [6.07, 6.45) is 10.4. The van der Waals surface area contributed by atoms with E-state index in [-0.39, 0.29) is 5.91 Å². The smallest absolute Gasteiger partial charge is 0.248 e. The Morgan fingerprint density at radius 1 is 1.21 bits per heavy atom. The third-order valence-electron chi connectivity index (χ3n) is 3.89. The number of hydrogen-bond acceptors (Lipinski definition) is 2. The lowest BCUT2D eigenvalue weighted by Crippen LogP contribution is -2.07. The molecule has 0 aliphatic carbocycles. The summed E-state index contributed by atoms with van der Waals surface area (Å²) in [5, 5.41) is 2.88. The highest BCUT2D eigenvalue weighted by Crippen LogP contribution is 2.12. The molecule has 0 aliphatic heterocycles. The zero-order chi connectivity index (χ0) is 16.8. The molecule has 1 aromatic carbocycles. The average Bonchev–Trinajstić information content (AvgIpc) is 3.03. The second kappa shape index (κ2) is 7.59. The van der Waals surface area contributed by atoms with Gasteiger partial charge in [-0.05, 0) is 48.7 Å². The number of benzene rings is 1. The number of nitrogens with one attached hydrogen (secondary N) is 1. The van der Waals surface area contributed by atoms with Gasteiger partial charge in [-0.3, -0.25) is 4.79 Å². The largest absolute Gasteiger partial charge is 0.323 e. The molecule has 0 saturated carbocycles. The van der Waals surface area contributed by atoms with Crippen LogP contribution in [-0.4, -0.2) is 15.3 Å². The Kier molecular flexibility index (Phi) is 5.06. The molecule has 0 spiro atoms. The van der Waals surface area contributed by atoms with Gasteiger partial charge in [-0.1, -0.05) is 31.5 Å². The zero-order valence-corrected chi connectivity index (χ0v) is 13.8. The Labute approximate surface area is 141 Å². The van der Waals surface area contributed by atoms with E-state index in [0.717, 1.165) is 23.4 Å². The van der Waals surface area contributed by atoms with Crippen LogP contribution in [0.2, 0.25) is 0 Å². The molecule has 0 aliphatic rings. The lowest BCUT2D eigenvalue weighted by molar-refractivity contribution is -0.111. The van der Waals surface area contributed by atoms with Crippen LogP contribution in [0.5, 0.6) is 0 Å². The monoisotopic (exact) mass is 319 g/mol. The molecule has 24 heavy (non-hydrogen) atoms. The van der Waals surface area contributed by atoms with E-state index in [1.165, 1.54) is 24.5 Å². The van der Waals surface area contributed by atoms with Crippen molar-refractivity contribution in [2.45, 2.75) is 26.2 Å². The van der Waals surface area contributed by atoms with Gasteiger partial charge in [0.15, 0.2) is 0 Å². The molecule has 122 valence electrons. The van der Waals surface area contributed by atoms with Crippen molar-refractivity contribution in [3.63, 3.8) is 0 Å². The fourth-order valence-corrected chi connectivity index (χ4v) is 2.56. The fourth-order valence-electron chi connectivity index (χ4n) is 2.56. The van der Waals surface area contributed by atoms with Gasteiger partial charge in [0.05, 0.1) is 11.9 Å². The standard InChI is InChI=1S/C20H21N3O/c1-2-3-6-16-8-10-17(11-9-16)22-20(24)13-12-18-15-21-19-7-4-5-14-23(18)19/h4-5,7-15H,2-3,6H2,1H3,(H,22,24)/b13-12+. The van der Waals surface area contributed by atoms with Gasteiger partial charge in [-0.25, -0.2) is 4.98 Å². The number of carbonyl (C=O) groups excluding carboxylic acids is 1. The Bertz CT molecular complexity index is 847. The van der Waals surface area contributed by atoms with Crippen LogP contribution >= 0.6 is 0 Å². The summed E-state index contributed by atoms with van der Waals surface area (Å²) >= 11 is 0. The van der Waals surface area contributed by atoms with Gasteiger partial charge < -0.3 is 9.72 Å². The van der Waals surface area contributed by atoms with Gasteiger partial charge in [0.25, 0.3) is 0 Å². The molecule has 0 radical (unpaired) electrons. The number of amides is 1. The highest BCUT2D eigenvalue weighted by molar-refractivity contribution is 6.01. The van der Waals surface area contributed by atoms with Gasteiger partial charge in [0, 0.05) is 18.0 Å². The Morgan fingerprint density at radius 3 is 2.83 bits per heavy atom. The Balaban J connectivity index is 1.62. The highest BCUT2D eigenvalue weighted by atomic mass is 16.1. The van der Waals surface area contributed by atoms with Crippen LogP contribution in [0.25, 0.3) is 11.7 Å². The number of rotatable bonds is 6. The maximum absolute atomic E-state index is 12.1. The quantitative estimate of drug-likeness (QED) is 0.687. The van der Waals surface area contributed by atoms with Crippen LogP contribution in [0.1, 0.15) is 31.0 Å². The van der Waals surface area contributed by atoms with Crippen LogP contribution in [0.3, 0.4) is 0 Å². The van der Waals surface area contributed by atoms with Crippen LogP contribution < -0.4 is 5.32 Å². The van der Waals surface area contributed by atoms with E-state index in [0.29, 0.717) is 0 Å². The van der Waals surface area contributed by atoms with Crippen LogP contribution in [0.15, 0.2) is 60.9 Å². The highest BCUT2D eigenvalue weighted by Gasteiger charge is 2.01. The molecule has 0 atom stereocenters. The Morgan fingerprint density at radius 2 is 2.04 bits per heavy atom. The fraction of sp³-hybridized carbons (Fsp3) is 0.200. The topological polar surface area (TPSA) is 46.4 Å². The number of aryl methyl sites for hydroxylation is 1. The average molecular weight is 319 g/mol. The summed E-state index contributed by atoms with van der Waals surface area (Å²) in [6, 6.07) is 13.8.